The quantitative estimate of drug-likeness (QED) is 0.533. The second kappa shape index (κ2) is 7.34. The molecule has 0 bridgehead atoms. The van der Waals surface area contributed by atoms with Crippen molar-refractivity contribution in [2.45, 2.75) is 19.3 Å². The third-order valence-electron chi connectivity index (χ3n) is 3.77. The molecular weight excluding hydrogens is 310 g/mol. The summed E-state index contributed by atoms with van der Waals surface area (Å²) in [5.74, 6) is -0.182. The number of hydrogen-bond donors (Lipinski definition) is 1. The number of ether oxygens (including phenoxy) is 1. The average Bonchev–Trinajstić information content (AvgIpc) is 2.95. The molecule has 3 nitrogen and oxygen atoms in total. The summed E-state index contributed by atoms with van der Waals surface area (Å²) < 4.78 is 5.30. The summed E-state index contributed by atoms with van der Waals surface area (Å²) in [7, 11) is 0. The molecule has 0 spiro atoms. The van der Waals surface area contributed by atoms with Crippen LogP contribution in [0.15, 0.2) is 54.7 Å². The number of rotatable bonds is 6. The first kappa shape index (κ1) is 15.6. The van der Waals surface area contributed by atoms with Gasteiger partial charge in [-0.15, -0.1) is 0 Å². The van der Waals surface area contributed by atoms with E-state index in [0.717, 1.165) is 34.3 Å². The van der Waals surface area contributed by atoms with Gasteiger partial charge < -0.3 is 9.72 Å². The minimum atomic E-state index is -0.182. The molecule has 23 heavy (non-hydrogen) atoms. The van der Waals surface area contributed by atoms with E-state index in [-0.39, 0.29) is 5.97 Å². The maximum Gasteiger partial charge on any atom is 0.310 e. The van der Waals surface area contributed by atoms with Crippen molar-refractivity contribution in [3.05, 3.63) is 70.9 Å². The smallest absolute Gasteiger partial charge is 0.310 e. The van der Waals surface area contributed by atoms with Gasteiger partial charge in [-0.05, 0) is 42.2 Å². The van der Waals surface area contributed by atoms with Crippen LogP contribution in [0.25, 0.3) is 10.9 Å². The minimum Gasteiger partial charge on any atom is -0.465 e. The third-order valence-corrected chi connectivity index (χ3v) is 4.01. The van der Waals surface area contributed by atoms with Gasteiger partial charge in [0.1, 0.15) is 0 Å². The standard InChI is InChI=1S/C19H18ClNO2/c20-16-8-9-18-17(12-16)15(13-21-18)7-4-10-23-19(22)11-14-5-2-1-3-6-14/h1-3,5-6,8-9,12-13,21H,4,7,10-11H2. The largest absolute Gasteiger partial charge is 0.465 e. The van der Waals surface area contributed by atoms with Crippen molar-refractivity contribution in [3.63, 3.8) is 0 Å². The van der Waals surface area contributed by atoms with Gasteiger partial charge in [0.25, 0.3) is 0 Å². The first-order valence-electron chi connectivity index (χ1n) is 7.67. The molecule has 4 heteroatoms. The zero-order chi connectivity index (χ0) is 16.1. The van der Waals surface area contributed by atoms with Gasteiger partial charge >= 0.3 is 5.97 Å². The highest BCUT2D eigenvalue weighted by Gasteiger charge is 2.06. The number of hydrogen-bond acceptors (Lipinski definition) is 2. The number of H-pyrrole nitrogens is 1. The first-order valence-corrected chi connectivity index (χ1v) is 8.05. The Balaban J connectivity index is 1.47. The van der Waals surface area contributed by atoms with E-state index in [9.17, 15) is 4.79 Å². The van der Waals surface area contributed by atoms with Crippen molar-refractivity contribution in [3.8, 4) is 0 Å². The molecule has 118 valence electrons. The molecule has 0 aliphatic rings. The van der Waals surface area contributed by atoms with Crippen molar-refractivity contribution >= 4 is 28.5 Å². The topological polar surface area (TPSA) is 42.1 Å². The SMILES string of the molecule is O=C(Cc1ccccc1)OCCCc1c[nH]c2ccc(Cl)cc12. The predicted molar refractivity (Wildman–Crippen MR) is 92.7 cm³/mol. The molecule has 0 unspecified atom stereocenters. The van der Waals surface area contributed by atoms with Gasteiger partial charge in [0.15, 0.2) is 0 Å². The molecule has 0 atom stereocenters. The van der Waals surface area contributed by atoms with Crippen LogP contribution in [-0.4, -0.2) is 17.6 Å². The number of aromatic amines is 1. The maximum absolute atomic E-state index is 11.8. The molecule has 1 heterocycles. The number of benzene rings is 2. The molecule has 3 rings (SSSR count). The van der Waals surface area contributed by atoms with Gasteiger partial charge in [0, 0.05) is 22.1 Å². The van der Waals surface area contributed by atoms with E-state index in [1.165, 1.54) is 5.56 Å². The molecule has 0 saturated heterocycles. The highest BCUT2D eigenvalue weighted by molar-refractivity contribution is 6.31. The summed E-state index contributed by atoms with van der Waals surface area (Å²) in [4.78, 5) is 15.0. The number of aryl methyl sites for hydroxylation is 1. The summed E-state index contributed by atoms with van der Waals surface area (Å²) in [6.45, 7) is 0.429. The molecule has 0 radical (unpaired) electrons. The number of esters is 1. The Kier molecular flexibility index (Phi) is 4.99. The van der Waals surface area contributed by atoms with E-state index in [2.05, 4.69) is 4.98 Å². The van der Waals surface area contributed by atoms with E-state index < -0.39 is 0 Å². The summed E-state index contributed by atoms with van der Waals surface area (Å²) in [5, 5.41) is 1.86. The number of halogens is 1. The van der Waals surface area contributed by atoms with E-state index in [1.807, 2.05) is 54.7 Å². The minimum absolute atomic E-state index is 0.182. The number of nitrogens with one attached hydrogen (secondary N) is 1. The van der Waals surface area contributed by atoms with Crippen LogP contribution in [0.1, 0.15) is 17.5 Å². The van der Waals surface area contributed by atoms with Gasteiger partial charge in [-0.2, -0.15) is 0 Å². The average molecular weight is 328 g/mol. The molecule has 0 saturated carbocycles. The van der Waals surface area contributed by atoms with E-state index >= 15 is 0 Å². The third kappa shape index (κ3) is 4.14. The van der Waals surface area contributed by atoms with Crippen LogP contribution < -0.4 is 0 Å². The van der Waals surface area contributed by atoms with Gasteiger partial charge in [0.2, 0.25) is 0 Å². The van der Waals surface area contributed by atoms with Gasteiger partial charge in [-0.3, -0.25) is 4.79 Å². The summed E-state index contributed by atoms with van der Waals surface area (Å²) >= 11 is 6.04. The highest BCUT2D eigenvalue weighted by Crippen LogP contribution is 2.23. The van der Waals surface area contributed by atoms with Crippen LogP contribution >= 0.6 is 11.6 Å². The Morgan fingerprint density at radius 3 is 2.78 bits per heavy atom. The van der Waals surface area contributed by atoms with Crippen molar-refractivity contribution < 1.29 is 9.53 Å². The Morgan fingerprint density at radius 1 is 1.13 bits per heavy atom. The highest BCUT2D eigenvalue weighted by atomic mass is 35.5. The molecule has 2 aromatic carbocycles. The van der Waals surface area contributed by atoms with Crippen molar-refractivity contribution in [1.82, 2.24) is 4.98 Å². The summed E-state index contributed by atoms with van der Waals surface area (Å²) in [6, 6.07) is 15.4. The molecule has 3 aromatic rings. The zero-order valence-electron chi connectivity index (χ0n) is 12.7. The van der Waals surface area contributed by atoms with Crippen LogP contribution in [-0.2, 0) is 22.4 Å². The lowest BCUT2D eigenvalue weighted by Crippen LogP contribution is -2.09. The lowest BCUT2D eigenvalue weighted by molar-refractivity contribution is -0.142. The molecular formula is C19H18ClNO2. The lowest BCUT2D eigenvalue weighted by Gasteiger charge is -2.05. The lowest BCUT2D eigenvalue weighted by atomic mass is 10.1. The van der Waals surface area contributed by atoms with E-state index in [4.69, 9.17) is 16.3 Å². The second-order valence-corrected chi connectivity index (χ2v) is 5.93. The molecule has 1 aromatic heterocycles. The number of carbonyl (C=O) groups is 1. The van der Waals surface area contributed by atoms with Gasteiger partial charge in [-0.25, -0.2) is 0 Å². The van der Waals surface area contributed by atoms with E-state index in [0.29, 0.717) is 13.0 Å². The number of aromatic nitrogens is 1. The van der Waals surface area contributed by atoms with Crippen LogP contribution in [0.5, 0.6) is 0 Å². The fourth-order valence-electron chi connectivity index (χ4n) is 2.62. The Bertz CT molecular complexity index is 795. The number of carbonyl (C=O) groups excluding carboxylic acids is 1. The monoisotopic (exact) mass is 327 g/mol. The molecule has 0 aliphatic heterocycles. The molecule has 0 fully saturated rings. The maximum atomic E-state index is 11.8. The summed E-state index contributed by atoms with van der Waals surface area (Å²) in [6.07, 6.45) is 3.95. The van der Waals surface area contributed by atoms with Crippen LogP contribution in [0.2, 0.25) is 5.02 Å². The Morgan fingerprint density at radius 2 is 1.96 bits per heavy atom. The van der Waals surface area contributed by atoms with Gasteiger partial charge in [-0.1, -0.05) is 41.9 Å². The van der Waals surface area contributed by atoms with E-state index in [1.54, 1.807) is 0 Å². The van der Waals surface area contributed by atoms with Gasteiger partial charge in [0.05, 0.1) is 13.0 Å². The van der Waals surface area contributed by atoms with Crippen LogP contribution in [0.3, 0.4) is 0 Å². The fraction of sp³-hybridized carbons (Fsp3) is 0.211. The zero-order valence-corrected chi connectivity index (χ0v) is 13.5. The van der Waals surface area contributed by atoms with Crippen LogP contribution in [0, 0.1) is 0 Å². The van der Waals surface area contributed by atoms with Crippen molar-refractivity contribution in [2.24, 2.45) is 0 Å². The number of fused-ring (bicyclic) bond motifs is 1. The normalized spacial score (nSPS) is 10.8. The van der Waals surface area contributed by atoms with Crippen molar-refractivity contribution in [2.75, 3.05) is 6.61 Å². The molecule has 0 amide bonds. The Hall–Kier alpha value is -2.26. The predicted octanol–water partition coefficient (Wildman–Crippen LogP) is 4.54. The first-order chi connectivity index (χ1) is 11.2. The van der Waals surface area contributed by atoms with Crippen LogP contribution in [0.4, 0.5) is 0 Å². The molecule has 0 aliphatic carbocycles. The van der Waals surface area contributed by atoms with Crippen molar-refractivity contribution in [1.29, 1.82) is 0 Å². The Labute approximate surface area is 140 Å². The summed E-state index contributed by atoms with van der Waals surface area (Å²) in [5.41, 5.74) is 3.25. The molecule has 1 N–H and O–H groups in total. The fourth-order valence-corrected chi connectivity index (χ4v) is 2.79. The second-order valence-electron chi connectivity index (χ2n) is 5.49.